The molecule has 0 aliphatic carbocycles. The van der Waals surface area contributed by atoms with E-state index in [4.69, 9.17) is 30.2 Å². The molecule has 178 valence electrons. The van der Waals surface area contributed by atoms with Crippen LogP contribution in [0.2, 0.25) is 5.02 Å². The van der Waals surface area contributed by atoms with Crippen molar-refractivity contribution < 1.29 is 23.4 Å². The van der Waals surface area contributed by atoms with Crippen LogP contribution in [-0.2, 0) is 24.4 Å². The van der Waals surface area contributed by atoms with Gasteiger partial charge in [0.1, 0.15) is 6.26 Å². The van der Waals surface area contributed by atoms with Crippen LogP contribution < -0.4 is 14.8 Å². The summed E-state index contributed by atoms with van der Waals surface area (Å²) in [6.07, 6.45) is 3.46. The van der Waals surface area contributed by atoms with E-state index in [0.717, 1.165) is 42.1 Å². The van der Waals surface area contributed by atoms with Crippen LogP contribution in [0.3, 0.4) is 0 Å². The molecule has 0 unspecified atom stereocenters. The number of benzene rings is 2. The SMILES string of the molecule is O=C(NC[C@@H]1CCCO1)c1coc(CN(Cc2ccc3c(c2)OCO3)Cc2ccccc2Cl)n1. The summed E-state index contributed by atoms with van der Waals surface area (Å²) in [5, 5.41) is 3.57. The topological polar surface area (TPSA) is 86.1 Å². The van der Waals surface area contributed by atoms with Crippen LogP contribution >= 0.6 is 11.6 Å². The van der Waals surface area contributed by atoms with Gasteiger partial charge in [0.05, 0.1) is 12.6 Å². The number of hydrogen-bond donors (Lipinski definition) is 1. The molecule has 2 aliphatic heterocycles. The molecule has 2 aliphatic rings. The van der Waals surface area contributed by atoms with Gasteiger partial charge >= 0.3 is 0 Å². The second kappa shape index (κ2) is 10.5. The number of oxazole rings is 1. The first-order valence-corrected chi connectivity index (χ1v) is 11.7. The van der Waals surface area contributed by atoms with Gasteiger partial charge in [-0.2, -0.15) is 0 Å². The molecule has 0 radical (unpaired) electrons. The van der Waals surface area contributed by atoms with Gasteiger partial charge in [0.2, 0.25) is 12.7 Å². The lowest BCUT2D eigenvalue weighted by Crippen LogP contribution is -2.32. The fourth-order valence-electron chi connectivity index (χ4n) is 4.11. The van der Waals surface area contributed by atoms with Crippen molar-refractivity contribution >= 4 is 17.5 Å². The van der Waals surface area contributed by atoms with Crippen molar-refractivity contribution in [1.82, 2.24) is 15.2 Å². The standard InChI is InChI=1S/C25H26ClN3O5/c26-20-6-2-1-4-18(20)13-29(12-17-7-8-22-23(10-17)34-16-33-22)14-24-28-21(15-32-24)25(30)27-11-19-5-3-9-31-19/h1-2,4,6-8,10,15,19H,3,5,9,11-14,16H2,(H,27,30)/t19-/m0/s1. The molecule has 5 rings (SSSR count). The minimum absolute atomic E-state index is 0.0723. The Morgan fingerprint density at radius 1 is 1.12 bits per heavy atom. The molecule has 8 nitrogen and oxygen atoms in total. The summed E-state index contributed by atoms with van der Waals surface area (Å²) >= 11 is 6.42. The maximum atomic E-state index is 12.5. The highest BCUT2D eigenvalue weighted by atomic mass is 35.5. The summed E-state index contributed by atoms with van der Waals surface area (Å²) < 4.78 is 22.1. The van der Waals surface area contributed by atoms with Gasteiger partial charge in [-0.15, -0.1) is 0 Å². The maximum absolute atomic E-state index is 12.5. The number of halogens is 1. The van der Waals surface area contributed by atoms with Crippen molar-refractivity contribution in [3.8, 4) is 11.5 Å². The number of nitrogens with zero attached hydrogens (tertiary/aromatic N) is 2. The third-order valence-electron chi connectivity index (χ3n) is 5.85. The van der Waals surface area contributed by atoms with Gasteiger partial charge in [-0.05, 0) is 42.2 Å². The number of carbonyl (C=O) groups excluding carboxylic acids is 1. The normalized spacial score (nSPS) is 16.8. The van der Waals surface area contributed by atoms with Crippen LogP contribution in [0.5, 0.6) is 11.5 Å². The van der Waals surface area contributed by atoms with Crippen LogP contribution in [0.15, 0.2) is 53.1 Å². The molecule has 0 bridgehead atoms. The lowest BCUT2D eigenvalue weighted by Gasteiger charge is -2.21. The predicted molar refractivity (Wildman–Crippen MR) is 125 cm³/mol. The van der Waals surface area contributed by atoms with E-state index in [9.17, 15) is 4.79 Å². The van der Waals surface area contributed by atoms with E-state index in [1.807, 2.05) is 42.5 Å². The second-order valence-electron chi connectivity index (χ2n) is 8.40. The van der Waals surface area contributed by atoms with Crippen molar-refractivity contribution in [2.24, 2.45) is 0 Å². The van der Waals surface area contributed by atoms with Crippen molar-refractivity contribution in [2.75, 3.05) is 19.9 Å². The van der Waals surface area contributed by atoms with Gasteiger partial charge in [0.15, 0.2) is 17.2 Å². The van der Waals surface area contributed by atoms with Crippen molar-refractivity contribution in [1.29, 1.82) is 0 Å². The fourth-order valence-corrected chi connectivity index (χ4v) is 4.31. The van der Waals surface area contributed by atoms with Crippen molar-refractivity contribution in [2.45, 2.75) is 38.6 Å². The number of nitrogens with one attached hydrogen (secondary N) is 1. The van der Waals surface area contributed by atoms with Crippen LogP contribution in [0, 0.1) is 0 Å². The minimum Gasteiger partial charge on any atom is -0.454 e. The molecule has 3 aromatic rings. The Hall–Kier alpha value is -3.07. The van der Waals surface area contributed by atoms with E-state index in [1.165, 1.54) is 6.26 Å². The van der Waals surface area contributed by atoms with Crippen molar-refractivity contribution in [3.63, 3.8) is 0 Å². The van der Waals surface area contributed by atoms with Crippen molar-refractivity contribution in [3.05, 3.63) is 76.5 Å². The molecule has 1 amide bonds. The number of hydrogen-bond acceptors (Lipinski definition) is 7. The van der Waals surface area contributed by atoms with Crippen LogP contribution in [0.4, 0.5) is 0 Å². The second-order valence-corrected chi connectivity index (χ2v) is 8.80. The van der Waals surface area contributed by atoms with Gasteiger partial charge < -0.3 is 23.9 Å². The van der Waals surface area contributed by atoms with E-state index < -0.39 is 0 Å². The largest absolute Gasteiger partial charge is 0.454 e. The van der Waals surface area contributed by atoms with Gasteiger partial charge in [-0.1, -0.05) is 35.9 Å². The number of fused-ring (bicyclic) bond motifs is 1. The monoisotopic (exact) mass is 483 g/mol. The average Bonchev–Trinajstić information content (AvgIpc) is 3.61. The Labute approximate surface area is 202 Å². The first-order chi connectivity index (χ1) is 16.6. The molecule has 0 spiro atoms. The predicted octanol–water partition coefficient (Wildman–Crippen LogP) is 4.17. The Kier molecular flexibility index (Phi) is 6.99. The summed E-state index contributed by atoms with van der Waals surface area (Å²) in [5.74, 6) is 1.67. The molecule has 1 atom stereocenters. The number of ether oxygens (including phenoxy) is 3. The summed E-state index contributed by atoms with van der Waals surface area (Å²) in [6, 6.07) is 13.6. The van der Waals surface area contributed by atoms with Gasteiger partial charge in [-0.3, -0.25) is 9.69 Å². The maximum Gasteiger partial charge on any atom is 0.273 e. The lowest BCUT2D eigenvalue weighted by molar-refractivity contribution is 0.0853. The first kappa shape index (κ1) is 22.7. The molecule has 9 heteroatoms. The molecular weight excluding hydrogens is 458 g/mol. The zero-order valence-corrected chi connectivity index (χ0v) is 19.4. The van der Waals surface area contributed by atoms with E-state index in [2.05, 4.69) is 15.2 Å². The van der Waals surface area contributed by atoms with E-state index in [1.54, 1.807) is 0 Å². The van der Waals surface area contributed by atoms with Gasteiger partial charge in [0.25, 0.3) is 5.91 Å². The highest BCUT2D eigenvalue weighted by Gasteiger charge is 2.20. The molecule has 0 saturated carbocycles. The Balaban J connectivity index is 1.28. The Morgan fingerprint density at radius 3 is 2.85 bits per heavy atom. The zero-order chi connectivity index (χ0) is 23.3. The Morgan fingerprint density at radius 2 is 2.00 bits per heavy atom. The molecule has 1 N–H and O–H groups in total. The van der Waals surface area contributed by atoms with E-state index >= 15 is 0 Å². The van der Waals surface area contributed by atoms with Crippen LogP contribution in [0.25, 0.3) is 0 Å². The molecule has 2 aromatic carbocycles. The minimum atomic E-state index is -0.265. The summed E-state index contributed by atoms with van der Waals surface area (Å²) in [5.41, 5.74) is 2.30. The third-order valence-corrected chi connectivity index (χ3v) is 6.22. The van der Waals surface area contributed by atoms with E-state index in [0.29, 0.717) is 37.1 Å². The zero-order valence-electron chi connectivity index (χ0n) is 18.7. The summed E-state index contributed by atoms with van der Waals surface area (Å²) in [4.78, 5) is 19.1. The Bertz CT molecular complexity index is 1150. The molecule has 1 fully saturated rings. The van der Waals surface area contributed by atoms with Gasteiger partial charge in [-0.25, -0.2) is 4.98 Å². The quantitative estimate of drug-likeness (QED) is 0.489. The fraction of sp³-hybridized carbons (Fsp3) is 0.360. The molecule has 34 heavy (non-hydrogen) atoms. The highest BCUT2D eigenvalue weighted by molar-refractivity contribution is 6.31. The smallest absolute Gasteiger partial charge is 0.273 e. The average molecular weight is 484 g/mol. The summed E-state index contributed by atoms with van der Waals surface area (Å²) in [7, 11) is 0. The highest BCUT2D eigenvalue weighted by Crippen LogP contribution is 2.33. The molecule has 1 saturated heterocycles. The number of rotatable bonds is 9. The third kappa shape index (κ3) is 5.52. The molecular formula is C25H26ClN3O5. The number of aromatic nitrogens is 1. The van der Waals surface area contributed by atoms with Crippen LogP contribution in [0.1, 0.15) is 40.3 Å². The number of amides is 1. The number of carbonyl (C=O) groups is 1. The molecule has 3 heterocycles. The lowest BCUT2D eigenvalue weighted by atomic mass is 10.1. The first-order valence-electron chi connectivity index (χ1n) is 11.3. The molecule has 1 aromatic heterocycles. The summed E-state index contributed by atoms with van der Waals surface area (Å²) in [6.45, 7) is 3.04. The van der Waals surface area contributed by atoms with E-state index in [-0.39, 0.29) is 24.5 Å². The van der Waals surface area contributed by atoms with Crippen LogP contribution in [-0.4, -0.2) is 41.8 Å². The van der Waals surface area contributed by atoms with Gasteiger partial charge in [0, 0.05) is 31.3 Å².